The SMILES string of the molecule is c1ccc(C2(c3ccc4c(c3)c3ccccc3n4-c3cccc4c3c3ccccc3n4-c3ccc([Si](c4ccccc4)(c4ccccc4)c4ccccc4)cc3)c3ccccc3-c3ccccc32)cc1. The van der Waals surface area contributed by atoms with Crippen LogP contribution < -0.4 is 20.7 Å². The van der Waals surface area contributed by atoms with Crippen LogP contribution in [-0.4, -0.2) is 17.2 Å². The number of hydrogen-bond acceptors (Lipinski definition) is 0. The largest absolute Gasteiger partial charge is 0.309 e. The van der Waals surface area contributed by atoms with Crippen molar-refractivity contribution >= 4 is 72.4 Å². The molecule has 0 fully saturated rings. The summed E-state index contributed by atoms with van der Waals surface area (Å²) < 4.78 is 4.99. The lowest BCUT2D eigenvalue weighted by atomic mass is 9.67. The van der Waals surface area contributed by atoms with E-state index in [0.29, 0.717) is 0 Å². The third-order valence-corrected chi connectivity index (χ3v) is 20.2. The first-order chi connectivity index (χ1) is 34.8. The molecule has 0 atom stereocenters. The fourth-order valence-electron chi connectivity index (χ4n) is 12.6. The van der Waals surface area contributed by atoms with Gasteiger partial charge in [0.15, 0.2) is 8.07 Å². The quantitative estimate of drug-likeness (QED) is 0.106. The minimum Gasteiger partial charge on any atom is -0.309 e. The van der Waals surface area contributed by atoms with Crippen molar-refractivity contribution in [3.8, 4) is 22.5 Å². The zero-order valence-corrected chi connectivity index (χ0v) is 39.5. The molecular formula is C67H46N2Si. The van der Waals surface area contributed by atoms with Gasteiger partial charge < -0.3 is 9.13 Å². The molecule has 0 aliphatic heterocycles. The van der Waals surface area contributed by atoms with E-state index < -0.39 is 13.5 Å². The third-order valence-electron chi connectivity index (χ3n) is 15.4. The molecule has 0 radical (unpaired) electrons. The first-order valence-electron chi connectivity index (χ1n) is 24.3. The van der Waals surface area contributed by atoms with Crippen LogP contribution in [0.15, 0.2) is 279 Å². The molecule has 2 nitrogen and oxygen atoms in total. The maximum Gasteiger partial charge on any atom is 0.179 e. The Kier molecular flexibility index (Phi) is 9.17. The molecule has 0 amide bonds. The van der Waals surface area contributed by atoms with Gasteiger partial charge in [-0.25, -0.2) is 0 Å². The highest BCUT2D eigenvalue weighted by Gasteiger charge is 2.46. The molecule has 13 aromatic rings. The van der Waals surface area contributed by atoms with Gasteiger partial charge in [-0.1, -0.05) is 231 Å². The van der Waals surface area contributed by atoms with Crippen LogP contribution in [-0.2, 0) is 5.41 Å². The van der Waals surface area contributed by atoms with Gasteiger partial charge in [0.1, 0.15) is 0 Å². The molecule has 0 unspecified atom stereocenters. The number of rotatable bonds is 8. The second-order valence-corrected chi connectivity index (χ2v) is 22.5. The van der Waals surface area contributed by atoms with Crippen molar-refractivity contribution in [2.24, 2.45) is 0 Å². The average molecular weight is 907 g/mol. The van der Waals surface area contributed by atoms with Gasteiger partial charge >= 0.3 is 0 Å². The second-order valence-electron chi connectivity index (χ2n) is 18.7. The highest BCUT2D eigenvalue weighted by molar-refractivity contribution is 7.19. The van der Waals surface area contributed by atoms with Gasteiger partial charge in [0.25, 0.3) is 0 Å². The molecule has 11 aromatic carbocycles. The number of hydrogen-bond donors (Lipinski definition) is 0. The second kappa shape index (κ2) is 15.9. The van der Waals surface area contributed by atoms with Crippen LogP contribution in [0.5, 0.6) is 0 Å². The zero-order valence-electron chi connectivity index (χ0n) is 38.5. The van der Waals surface area contributed by atoms with E-state index in [0.717, 1.165) is 5.69 Å². The molecule has 0 spiro atoms. The van der Waals surface area contributed by atoms with Crippen molar-refractivity contribution < 1.29 is 0 Å². The lowest BCUT2D eigenvalue weighted by Gasteiger charge is -2.34. The topological polar surface area (TPSA) is 9.86 Å². The number of nitrogens with zero attached hydrogens (tertiary/aromatic N) is 2. The van der Waals surface area contributed by atoms with E-state index in [4.69, 9.17) is 0 Å². The van der Waals surface area contributed by atoms with Gasteiger partial charge in [-0.3, -0.25) is 0 Å². The maximum absolute atomic E-state index is 2.70. The molecule has 0 N–H and O–H groups in total. The summed E-state index contributed by atoms with van der Waals surface area (Å²) in [5, 5.41) is 10.4. The third kappa shape index (κ3) is 5.67. The molecule has 0 saturated carbocycles. The molecule has 328 valence electrons. The van der Waals surface area contributed by atoms with Crippen molar-refractivity contribution in [2.75, 3.05) is 0 Å². The van der Waals surface area contributed by atoms with Crippen LogP contribution in [0, 0.1) is 0 Å². The molecular weight excluding hydrogens is 861 g/mol. The van der Waals surface area contributed by atoms with Crippen LogP contribution >= 0.6 is 0 Å². The first kappa shape index (κ1) is 40.3. The van der Waals surface area contributed by atoms with Gasteiger partial charge in [-0.2, -0.15) is 0 Å². The van der Waals surface area contributed by atoms with E-state index in [1.165, 1.54) is 103 Å². The number of fused-ring (bicyclic) bond motifs is 9. The van der Waals surface area contributed by atoms with E-state index >= 15 is 0 Å². The first-order valence-corrected chi connectivity index (χ1v) is 26.3. The summed E-state index contributed by atoms with van der Waals surface area (Å²) in [6.45, 7) is 0. The van der Waals surface area contributed by atoms with E-state index in [1.807, 2.05) is 0 Å². The molecule has 3 heteroatoms. The van der Waals surface area contributed by atoms with Crippen LogP contribution in [0.3, 0.4) is 0 Å². The number of para-hydroxylation sites is 2. The predicted molar refractivity (Wildman–Crippen MR) is 296 cm³/mol. The van der Waals surface area contributed by atoms with Crippen molar-refractivity contribution in [3.63, 3.8) is 0 Å². The molecule has 2 aromatic heterocycles. The van der Waals surface area contributed by atoms with Gasteiger partial charge in [0, 0.05) is 27.2 Å². The Hall–Kier alpha value is -8.76. The predicted octanol–water partition coefficient (Wildman–Crippen LogP) is 13.6. The minimum absolute atomic E-state index is 0.486. The van der Waals surface area contributed by atoms with Gasteiger partial charge in [0.05, 0.1) is 33.2 Å². The Morgan fingerprint density at radius 2 is 0.743 bits per heavy atom. The van der Waals surface area contributed by atoms with Crippen molar-refractivity contribution in [3.05, 3.63) is 301 Å². The van der Waals surface area contributed by atoms with Crippen LogP contribution in [0.2, 0.25) is 0 Å². The van der Waals surface area contributed by atoms with Crippen LogP contribution in [0.1, 0.15) is 22.3 Å². The lowest BCUT2D eigenvalue weighted by Crippen LogP contribution is -2.74. The van der Waals surface area contributed by atoms with E-state index in [-0.39, 0.29) is 0 Å². The highest BCUT2D eigenvalue weighted by atomic mass is 28.3. The summed E-state index contributed by atoms with van der Waals surface area (Å²) in [5.74, 6) is 0. The van der Waals surface area contributed by atoms with Gasteiger partial charge in [-0.15, -0.1) is 0 Å². The molecule has 1 aliphatic rings. The highest BCUT2D eigenvalue weighted by Crippen LogP contribution is 2.56. The Morgan fingerprint density at radius 1 is 0.286 bits per heavy atom. The summed E-state index contributed by atoms with van der Waals surface area (Å²) in [6, 6.07) is 104. The Bertz CT molecular complexity index is 3950. The van der Waals surface area contributed by atoms with Crippen molar-refractivity contribution in [1.29, 1.82) is 0 Å². The fourth-order valence-corrected chi connectivity index (χ4v) is 17.3. The minimum atomic E-state index is -2.70. The summed E-state index contributed by atoms with van der Waals surface area (Å²) in [4.78, 5) is 0. The fraction of sp³-hybridized carbons (Fsp3) is 0.0149. The van der Waals surface area contributed by atoms with Crippen molar-refractivity contribution in [2.45, 2.75) is 5.41 Å². The lowest BCUT2D eigenvalue weighted by molar-refractivity contribution is 0.770. The number of aromatic nitrogens is 2. The van der Waals surface area contributed by atoms with E-state index in [2.05, 4.69) is 288 Å². The molecule has 0 saturated heterocycles. The molecule has 0 bridgehead atoms. The average Bonchev–Trinajstić information content (AvgIpc) is 4.07. The summed E-state index contributed by atoms with van der Waals surface area (Å²) in [5.41, 5.74) is 14.3. The molecule has 2 heterocycles. The Morgan fingerprint density at radius 3 is 1.34 bits per heavy atom. The molecule has 14 rings (SSSR count). The normalized spacial score (nSPS) is 13.0. The Balaban J connectivity index is 0.979. The maximum atomic E-state index is 2.52. The van der Waals surface area contributed by atoms with Gasteiger partial charge in [-0.05, 0) is 103 Å². The van der Waals surface area contributed by atoms with Crippen LogP contribution in [0.4, 0.5) is 0 Å². The van der Waals surface area contributed by atoms with Crippen LogP contribution in [0.25, 0.3) is 66.1 Å². The Labute approximate surface area is 408 Å². The van der Waals surface area contributed by atoms with E-state index in [9.17, 15) is 0 Å². The summed E-state index contributed by atoms with van der Waals surface area (Å²) in [6.07, 6.45) is 0. The standard InChI is InChI=1S/C67H46N2Si/c1-5-22-47(23-6-1)67(59-34-17-13-30-54(59)55-31-14-18-35-60(55)67)48-40-45-63-58(46-48)56-32-15-19-36-61(56)69(63)65-39-21-38-64-66(65)57-33-16-20-37-62(57)68(64)49-41-43-53(44-42-49)70(50-24-7-2-8-25-50,51-26-9-3-10-27-51)52-28-11-4-12-29-52/h1-46H. The number of benzene rings is 11. The molecule has 70 heavy (non-hydrogen) atoms. The molecule has 1 aliphatic carbocycles. The summed E-state index contributed by atoms with van der Waals surface area (Å²) in [7, 11) is -2.70. The van der Waals surface area contributed by atoms with Gasteiger partial charge in [0.2, 0.25) is 0 Å². The summed E-state index contributed by atoms with van der Waals surface area (Å²) >= 11 is 0. The smallest absolute Gasteiger partial charge is 0.179 e. The van der Waals surface area contributed by atoms with E-state index in [1.54, 1.807) is 0 Å². The zero-order chi connectivity index (χ0) is 46.2. The van der Waals surface area contributed by atoms with Crippen molar-refractivity contribution in [1.82, 2.24) is 9.13 Å². The monoisotopic (exact) mass is 906 g/mol.